The van der Waals surface area contributed by atoms with Crippen LogP contribution in [0.15, 0.2) is 42.5 Å². The molecule has 0 unspecified atom stereocenters. The molecule has 0 heteroatoms. The second-order valence-electron chi connectivity index (χ2n) is 4.59. The van der Waals surface area contributed by atoms with Gasteiger partial charge in [0, 0.05) is 0 Å². The van der Waals surface area contributed by atoms with E-state index in [1.807, 2.05) is 27.7 Å². The quantitative estimate of drug-likeness (QED) is 0.529. The van der Waals surface area contributed by atoms with E-state index in [9.17, 15) is 0 Å². The van der Waals surface area contributed by atoms with Crippen molar-refractivity contribution in [2.45, 2.75) is 48.5 Å². The van der Waals surface area contributed by atoms with Crippen molar-refractivity contribution < 1.29 is 0 Å². The van der Waals surface area contributed by atoms with Crippen molar-refractivity contribution in [2.24, 2.45) is 0 Å². The monoisotopic (exact) mass is 282 g/mol. The Morgan fingerprint density at radius 1 is 0.571 bits per heavy atom. The van der Waals surface area contributed by atoms with Gasteiger partial charge in [0.15, 0.2) is 0 Å². The van der Waals surface area contributed by atoms with Crippen LogP contribution in [0.25, 0.3) is 12.2 Å². The highest BCUT2D eigenvalue weighted by molar-refractivity contribution is 5.70. The van der Waals surface area contributed by atoms with E-state index in [-0.39, 0.29) is 0 Å². The average Bonchev–Trinajstić information content (AvgIpc) is 2.54. The standard InChI is InChI=1S/C17H18.2C2H6/c1-13-4-7-16(8-5-13)10-11-17-9-6-14(2)15(3)12-17;2*1-2/h4-12H,1-3H3;2*1-2H3/b11-10+;;. The van der Waals surface area contributed by atoms with Crippen LogP contribution in [0.2, 0.25) is 0 Å². The highest BCUT2D eigenvalue weighted by Gasteiger charge is 1.93. The molecule has 0 aliphatic carbocycles. The fraction of sp³-hybridized carbons (Fsp3) is 0.333. The predicted octanol–water partition coefficient (Wildman–Crippen LogP) is 6.83. The third-order valence-electron chi connectivity index (χ3n) is 3.08. The molecule has 2 aromatic rings. The van der Waals surface area contributed by atoms with Crippen LogP contribution in [-0.4, -0.2) is 0 Å². The molecule has 0 fully saturated rings. The highest BCUT2D eigenvalue weighted by Crippen LogP contribution is 2.13. The van der Waals surface area contributed by atoms with Gasteiger partial charge in [0.05, 0.1) is 0 Å². The van der Waals surface area contributed by atoms with Crippen LogP contribution in [0.3, 0.4) is 0 Å². The number of hydrogen-bond donors (Lipinski definition) is 0. The summed E-state index contributed by atoms with van der Waals surface area (Å²) in [5, 5.41) is 0. The van der Waals surface area contributed by atoms with Gasteiger partial charge in [-0.1, -0.05) is 87.9 Å². The lowest BCUT2D eigenvalue weighted by Gasteiger charge is -2.01. The number of benzene rings is 2. The molecule has 0 spiro atoms. The lowest BCUT2D eigenvalue weighted by atomic mass is 10.1. The van der Waals surface area contributed by atoms with Gasteiger partial charge in [0.25, 0.3) is 0 Å². The SMILES string of the molecule is CC.CC.Cc1ccc(/C=C/c2ccc(C)c(C)c2)cc1. The third-order valence-corrected chi connectivity index (χ3v) is 3.08. The molecular weight excluding hydrogens is 252 g/mol. The Labute approximate surface area is 131 Å². The molecule has 0 aliphatic rings. The van der Waals surface area contributed by atoms with Crippen molar-refractivity contribution in [1.29, 1.82) is 0 Å². The Balaban J connectivity index is 0.000000921. The fourth-order valence-corrected chi connectivity index (χ4v) is 1.74. The van der Waals surface area contributed by atoms with E-state index in [1.54, 1.807) is 0 Å². The van der Waals surface area contributed by atoms with Crippen molar-refractivity contribution in [3.05, 3.63) is 70.3 Å². The van der Waals surface area contributed by atoms with Gasteiger partial charge < -0.3 is 0 Å². The molecule has 0 saturated heterocycles. The van der Waals surface area contributed by atoms with Gasteiger partial charge in [-0.25, -0.2) is 0 Å². The molecule has 0 bridgehead atoms. The Kier molecular flexibility index (Phi) is 9.96. The van der Waals surface area contributed by atoms with Gasteiger partial charge in [-0.15, -0.1) is 0 Å². The van der Waals surface area contributed by atoms with Crippen LogP contribution in [0.5, 0.6) is 0 Å². The molecule has 0 heterocycles. The molecular formula is C21H30. The average molecular weight is 282 g/mol. The van der Waals surface area contributed by atoms with Crippen molar-refractivity contribution in [1.82, 2.24) is 0 Å². The van der Waals surface area contributed by atoms with E-state index in [2.05, 4.69) is 75.4 Å². The van der Waals surface area contributed by atoms with Gasteiger partial charge in [-0.05, 0) is 43.0 Å². The number of aryl methyl sites for hydroxylation is 3. The second-order valence-corrected chi connectivity index (χ2v) is 4.59. The van der Waals surface area contributed by atoms with Gasteiger partial charge in [0.2, 0.25) is 0 Å². The van der Waals surface area contributed by atoms with Gasteiger partial charge in [-0.3, -0.25) is 0 Å². The van der Waals surface area contributed by atoms with E-state index in [4.69, 9.17) is 0 Å². The van der Waals surface area contributed by atoms with Crippen molar-refractivity contribution in [3.8, 4) is 0 Å². The summed E-state index contributed by atoms with van der Waals surface area (Å²) in [6.45, 7) is 14.4. The first-order chi connectivity index (χ1) is 10.1. The van der Waals surface area contributed by atoms with Crippen LogP contribution in [0, 0.1) is 20.8 Å². The largest absolute Gasteiger partial charge is 0.0683 e. The van der Waals surface area contributed by atoms with E-state index < -0.39 is 0 Å². The van der Waals surface area contributed by atoms with E-state index in [1.165, 1.54) is 27.8 Å². The molecule has 0 atom stereocenters. The summed E-state index contributed by atoms with van der Waals surface area (Å²) >= 11 is 0. The van der Waals surface area contributed by atoms with E-state index in [0.717, 1.165) is 0 Å². The van der Waals surface area contributed by atoms with Crippen molar-refractivity contribution in [3.63, 3.8) is 0 Å². The first-order valence-corrected chi connectivity index (χ1v) is 7.97. The second kappa shape index (κ2) is 10.9. The minimum absolute atomic E-state index is 1.24. The Morgan fingerprint density at radius 2 is 1.05 bits per heavy atom. The zero-order valence-corrected chi connectivity index (χ0v) is 14.7. The van der Waals surface area contributed by atoms with Gasteiger partial charge >= 0.3 is 0 Å². The maximum absolute atomic E-state index is 2.22. The Hall–Kier alpha value is -1.82. The maximum atomic E-state index is 2.22. The molecule has 2 aromatic carbocycles. The number of rotatable bonds is 2. The zero-order valence-electron chi connectivity index (χ0n) is 14.7. The summed E-state index contributed by atoms with van der Waals surface area (Å²) in [6.07, 6.45) is 4.32. The van der Waals surface area contributed by atoms with Crippen LogP contribution in [0.4, 0.5) is 0 Å². The number of hydrogen-bond acceptors (Lipinski definition) is 0. The summed E-state index contributed by atoms with van der Waals surface area (Å²) in [4.78, 5) is 0. The topological polar surface area (TPSA) is 0 Å². The molecule has 0 radical (unpaired) electrons. The molecule has 0 N–H and O–H groups in total. The molecule has 21 heavy (non-hydrogen) atoms. The first kappa shape index (κ1) is 19.2. The van der Waals surface area contributed by atoms with E-state index in [0.29, 0.717) is 0 Å². The summed E-state index contributed by atoms with van der Waals surface area (Å²) in [5.41, 5.74) is 6.49. The third kappa shape index (κ3) is 6.94. The predicted molar refractivity (Wildman–Crippen MR) is 98.7 cm³/mol. The molecule has 114 valence electrons. The van der Waals surface area contributed by atoms with Gasteiger partial charge in [-0.2, -0.15) is 0 Å². The van der Waals surface area contributed by atoms with Crippen molar-refractivity contribution >= 4 is 12.2 Å². The summed E-state index contributed by atoms with van der Waals surface area (Å²) in [5.74, 6) is 0. The molecule has 0 amide bonds. The summed E-state index contributed by atoms with van der Waals surface area (Å²) < 4.78 is 0. The lowest BCUT2D eigenvalue weighted by Crippen LogP contribution is -1.81. The van der Waals surface area contributed by atoms with Crippen LogP contribution >= 0.6 is 0 Å². The van der Waals surface area contributed by atoms with Crippen LogP contribution in [-0.2, 0) is 0 Å². The molecule has 0 saturated carbocycles. The lowest BCUT2D eigenvalue weighted by molar-refractivity contribution is 1.33. The molecule has 0 aromatic heterocycles. The normalized spacial score (nSPS) is 9.48. The minimum Gasteiger partial charge on any atom is -0.0683 e. The maximum Gasteiger partial charge on any atom is -0.0254 e. The van der Waals surface area contributed by atoms with E-state index >= 15 is 0 Å². The van der Waals surface area contributed by atoms with Gasteiger partial charge in [0.1, 0.15) is 0 Å². The van der Waals surface area contributed by atoms with Crippen molar-refractivity contribution in [2.75, 3.05) is 0 Å². The Morgan fingerprint density at radius 3 is 1.57 bits per heavy atom. The Bertz CT molecular complexity index is 530. The van der Waals surface area contributed by atoms with Crippen LogP contribution < -0.4 is 0 Å². The smallest absolute Gasteiger partial charge is 0.0254 e. The first-order valence-electron chi connectivity index (χ1n) is 7.97. The molecule has 0 aliphatic heterocycles. The summed E-state index contributed by atoms with van der Waals surface area (Å²) in [7, 11) is 0. The minimum atomic E-state index is 1.24. The molecule has 2 rings (SSSR count). The summed E-state index contributed by atoms with van der Waals surface area (Å²) in [6, 6.07) is 15.1. The highest BCUT2D eigenvalue weighted by atomic mass is 14.0. The zero-order chi connectivity index (χ0) is 16.3. The molecule has 0 nitrogen and oxygen atoms in total. The fourth-order valence-electron chi connectivity index (χ4n) is 1.74. The van der Waals surface area contributed by atoms with Crippen LogP contribution in [0.1, 0.15) is 55.5 Å².